The van der Waals surface area contributed by atoms with Crippen molar-refractivity contribution in [1.82, 2.24) is 36.5 Å². The first-order valence-electron chi connectivity index (χ1n) is 18.4. The fraction of sp³-hybridized carbons (Fsp3) is 0.514. The molecule has 4 rings (SSSR count). The van der Waals surface area contributed by atoms with Gasteiger partial charge in [0.1, 0.15) is 30.2 Å². The Kier molecular flexibility index (Phi) is 16.8. The van der Waals surface area contributed by atoms with E-state index in [4.69, 9.17) is 17.2 Å². The van der Waals surface area contributed by atoms with Crippen molar-refractivity contribution in [2.24, 2.45) is 22.2 Å². The molecule has 0 aliphatic carbocycles. The second-order valence-electron chi connectivity index (χ2n) is 13.5. The molecule has 2 saturated heterocycles. The molecule has 3 heterocycles. The first-order valence-corrected chi connectivity index (χ1v) is 20.9. The van der Waals surface area contributed by atoms with Crippen LogP contribution in [0.15, 0.2) is 35.5 Å². The molecule has 2 aromatic rings. The van der Waals surface area contributed by atoms with Crippen LogP contribution < -0.4 is 43.8 Å². The fourth-order valence-corrected chi connectivity index (χ4v) is 8.56. The van der Waals surface area contributed by atoms with Crippen LogP contribution in [0.25, 0.3) is 10.9 Å². The molecule has 0 radical (unpaired) electrons. The van der Waals surface area contributed by atoms with Gasteiger partial charge in [-0.05, 0) is 43.7 Å². The van der Waals surface area contributed by atoms with E-state index in [0.29, 0.717) is 24.8 Å². The van der Waals surface area contributed by atoms with Crippen LogP contribution in [0.5, 0.6) is 0 Å². The van der Waals surface area contributed by atoms with Crippen LogP contribution in [-0.4, -0.2) is 130 Å². The third-order valence-corrected chi connectivity index (χ3v) is 11.7. The summed E-state index contributed by atoms with van der Waals surface area (Å²) in [6.45, 7) is -0.233. The number of nitrogens with one attached hydrogen (secondary N) is 6. The Balaban J connectivity index is 1.61. The van der Waals surface area contributed by atoms with Crippen LogP contribution in [0.1, 0.15) is 50.5 Å². The number of hydrogen-bond donors (Lipinski definition) is 10. The average Bonchev–Trinajstić information content (AvgIpc) is 3.82. The number of aliphatic imine (C=N–C) groups is 1. The maximum absolute atomic E-state index is 14.3. The van der Waals surface area contributed by atoms with Gasteiger partial charge in [-0.15, -0.1) is 0 Å². The number of aromatic nitrogens is 1. The number of aliphatic carboxylic acids is 1. The normalized spacial score (nSPS) is 23.6. The summed E-state index contributed by atoms with van der Waals surface area (Å²) < 4.78 is 0. The summed E-state index contributed by atoms with van der Waals surface area (Å²) in [6.07, 6.45) is 2.48. The van der Waals surface area contributed by atoms with Crippen LogP contribution in [0.2, 0.25) is 0 Å². The molecule has 2 fully saturated rings. The lowest BCUT2D eigenvalue weighted by molar-refractivity contribution is -0.143. The van der Waals surface area contributed by atoms with Gasteiger partial charge >= 0.3 is 5.97 Å². The Labute approximate surface area is 335 Å². The highest BCUT2D eigenvalue weighted by Crippen LogP contribution is 2.25. The van der Waals surface area contributed by atoms with E-state index in [9.17, 15) is 43.5 Å². The lowest BCUT2D eigenvalue weighted by Gasteiger charge is -2.30. The highest BCUT2D eigenvalue weighted by atomic mass is 33.1. The van der Waals surface area contributed by atoms with Gasteiger partial charge < -0.3 is 58.8 Å². The van der Waals surface area contributed by atoms with Crippen LogP contribution in [0, 0.1) is 0 Å². The van der Waals surface area contributed by atoms with Gasteiger partial charge in [-0.25, -0.2) is 0 Å². The molecular weight excluding hydrogens is 783 g/mol. The van der Waals surface area contributed by atoms with Crippen LogP contribution in [0.4, 0.5) is 0 Å². The number of carboxylic acid groups (broad SMARTS) is 1. The van der Waals surface area contributed by atoms with Gasteiger partial charge in [-0.3, -0.25) is 43.3 Å². The molecule has 22 heteroatoms. The zero-order valence-electron chi connectivity index (χ0n) is 31.1. The third-order valence-electron chi connectivity index (χ3n) is 9.24. The third kappa shape index (κ3) is 13.6. The molecule has 0 bridgehead atoms. The summed E-state index contributed by atoms with van der Waals surface area (Å²) in [5.41, 5.74) is 17.8. The van der Waals surface area contributed by atoms with Crippen LogP contribution in [-0.2, 0) is 44.8 Å². The smallest absolute Gasteiger partial charge is 0.305 e. The molecule has 20 nitrogen and oxygen atoms in total. The number of carbonyl (C=O) groups is 8. The number of primary amides is 1. The Morgan fingerprint density at radius 3 is 2.37 bits per heavy atom. The van der Waals surface area contributed by atoms with Gasteiger partial charge in [-0.1, -0.05) is 39.8 Å². The van der Waals surface area contributed by atoms with Crippen molar-refractivity contribution in [1.29, 1.82) is 0 Å². The van der Waals surface area contributed by atoms with Crippen molar-refractivity contribution in [2.45, 2.75) is 81.6 Å². The molecule has 5 atom stereocenters. The van der Waals surface area contributed by atoms with E-state index in [-0.39, 0.29) is 56.2 Å². The highest BCUT2D eigenvalue weighted by Gasteiger charge is 2.40. The molecule has 310 valence electrons. The lowest BCUT2D eigenvalue weighted by Crippen LogP contribution is -2.59. The zero-order valence-corrected chi connectivity index (χ0v) is 32.8. The van der Waals surface area contributed by atoms with Crippen molar-refractivity contribution in [3.8, 4) is 0 Å². The van der Waals surface area contributed by atoms with E-state index in [0.717, 1.165) is 10.9 Å². The first-order chi connectivity index (χ1) is 27.2. The SMILES string of the molecule is NC(=O)[C@@H]1CSSCCC(=O)N[C@@H](CCCCN=C(N)N)C(=O)NCC(=O)NC(CC(=O)O)C(=O)N[C@@H](Cc2c[nH]c3ccccc23)C(=O)N2CCC[C@H]2C(=O)N1. The second-order valence-corrected chi connectivity index (χ2v) is 16.1. The minimum Gasteiger partial charge on any atom is -0.481 e. The molecule has 13 N–H and O–H groups in total. The second kappa shape index (κ2) is 21.7. The summed E-state index contributed by atoms with van der Waals surface area (Å²) in [5.74, 6) is -6.35. The fourth-order valence-electron chi connectivity index (χ4n) is 6.39. The maximum atomic E-state index is 14.3. The van der Waals surface area contributed by atoms with E-state index in [1.807, 2.05) is 18.2 Å². The van der Waals surface area contributed by atoms with Crippen LogP contribution >= 0.6 is 21.6 Å². The molecule has 7 amide bonds. The minimum absolute atomic E-state index is 0.0195. The van der Waals surface area contributed by atoms with E-state index in [2.05, 4.69) is 36.6 Å². The molecular formula is C35H49N11O9S2. The van der Waals surface area contributed by atoms with Crippen molar-refractivity contribution < 1.29 is 43.5 Å². The van der Waals surface area contributed by atoms with Crippen molar-refractivity contribution >= 4 is 85.8 Å². The van der Waals surface area contributed by atoms with Crippen molar-refractivity contribution in [2.75, 3.05) is 31.1 Å². The number of fused-ring (bicyclic) bond motifs is 2. The quantitative estimate of drug-likeness (QED) is 0.0534. The van der Waals surface area contributed by atoms with Gasteiger partial charge in [0.15, 0.2) is 5.96 Å². The molecule has 57 heavy (non-hydrogen) atoms. The molecule has 0 saturated carbocycles. The van der Waals surface area contributed by atoms with Crippen molar-refractivity contribution in [3.05, 3.63) is 36.0 Å². The Hall–Kier alpha value is -5.51. The summed E-state index contributed by atoms with van der Waals surface area (Å²) in [4.78, 5) is 114. The maximum Gasteiger partial charge on any atom is 0.305 e. The molecule has 1 aromatic carbocycles. The monoisotopic (exact) mass is 831 g/mol. The number of para-hydroxylation sites is 1. The van der Waals surface area contributed by atoms with E-state index >= 15 is 0 Å². The number of guanidine groups is 1. The molecule has 1 unspecified atom stereocenters. The molecule has 1 aromatic heterocycles. The van der Waals surface area contributed by atoms with E-state index < -0.39 is 90.5 Å². The number of nitrogens with two attached hydrogens (primary N) is 3. The van der Waals surface area contributed by atoms with E-state index in [1.54, 1.807) is 12.3 Å². The number of benzene rings is 1. The Bertz CT molecular complexity index is 1840. The molecule has 0 spiro atoms. The average molecular weight is 832 g/mol. The van der Waals surface area contributed by atoms with Gasteiger partial charge in [0.25, 0.3) is 0 Å². The number of H-pyrrole nitrogens is 1. The highest BCUT2D eigenvalue weighted by molar-refractivity contribution is 8.76. The van der Waals surface area contributed by atoms with Crippen LogP contribution in [0.3, 0.4) is 0 Å². The van der Waals surface area contributed by atoms with Crippen molar-refractivity contribution in [3.63, 3.8) is 0 Å². The van der Waals surface area contributed by atoms with Gasteiger partial charge in [0, 0.05) is 54.5 Å². The number of amides is 7. The zero-order chi connectivity index (χ0) is 41.5. The molecule has 2 aliphatic rings. The molecule has 2 aliphatic heterocycles. The van der Waals surface area contributed by atoms with E-state index in [1.165, 1.54) is 26.5 Å². The summed E-state index contributed by atoms with van der Waals surface area (Å²) in [5, 5.41) is 23.1. The predicted octanol–water partition coefficient (Wildman–Crippen LogP) is -2.05. The number of aromatic amines is 1. The van der Waals surface area contributed by atoms with Gasteiger partial charge in [-0.2, -0.15) is 0 Å². The minimum atomic E-state index is -1.68. The first kappa shape index (κ1) is 44.2. The summed E-state index contributed by atoms with van der Waals surface area (Å²) in [7, 11) is 2.45. The summed E-state index contributed by atoms with van der Waals surface area (Å²) >= 11 is 0. The number of carbonyl (C=O) groups excluding carboxylic acids is 7. The largest absolute Gasteiger partial charge is 0.481 e. The summed E-state index contributed by atoms with van der Waals surface area (Å²) in [6, 6.07) is 1.07. The number of unbranched alkanes of at least 4 members (excludes halogenated alkanes) is 1. The Morgan fingerprint density at radius 1 is 0.877 bits per heavy atom. The standard InChI is InChI=1S/C35H49N11O9S2/c36-30(51)25-18-57-56-13-10-27(47)42-22(8-3-4-11-39-35(37)38)31(52)41-17-28(48)43-23(15-29(49)50)32(53)44-24(14-19-16-40-21-7-2-1-6-20(19)21)34(55)46-12-5-9-26(46)33(54)45-25/h1-2,6-7,16,22-26,40H,3-5,8-15,17-18H2,(H2,36,51)(H,41,52)(H,42,47)(H,43,48)(H,44,53)(H,45,54)(H,49,50)(H4,37,38,39)/t22-,23?,24-,25-,26-/m0/s1. The number of rotatable bonds is 10. The Morgan fingerprint density at radius 2 is 1.63 bits per heavy atom. The topological polar surface area (TPSA) is 326 Å². The van der Waals surface area contributed by atoms with Gasteiger partial charge in [0.2, 0.25) is 41.4 Å². The number of carboxylic acids is 1. The number of hydrogen-bond acceptors (Lipinski definition) is 11. The lowest BCUT2D eigenvalue weighted by atomic mass is 10.0. The van der Waals surface area contributed by atoms with Gasteiger partial charge in [0.05, 0.1) is 13.0 Å². The predicted molar refractivity (Wildman–Crippen MR) is 213 cm³/mol. The number of nitrogens with zero attached hydrogens (tertiary/aromatic N) is 2.